The number of sulfonamides is 1. The molecule has 0 bridgehead atoms. The fourth-order valence-electron chi connectivity index (χ4n) is 3.61. The van der Waals surface area contributed by atoms with E-state index in [-0.39, 0.29) is 17.3 Å². The molecular formula is C28H25ClN2O3S2. The van der Waals surface area contributed by atoms with E-state index in [0.717, 1.165) is 10.5 Å². The Labute approximate surface area is 221 Å². The van der Waals surface area contributed by atoms with Gasteiger partial charge in [-0.3, -0.25) is 9.10 Å². The molecule has 0 aliphatic rings. The summed E-state index contributed by atoms with van der Waals surface area (Å²) < 4.78 is 28.8. The molecule has 4 rings (SSSR count). The van der Waals surface area contributed by atoms with Gasteiger partial charge in [0.1, 0.15) is 0 Å². The number of nitrogens with zero attached hydrogens (tertiary/aromatic N) is 1. The molecule has 5 nitrogen and oxygen atoms in total. The second-order valence-electron chi connectivity index (χ2n) is 7.89. The van der Waals surface area contributed by atoms with E-state index in [0.29, 0.717) is 28.6 Å². The summed E-state index contributed by atoms with van der Waals surface area (Å²) in [5.74, 6) is 0.328. The highest BCUT2D eigenvalue weighted by Gasteiger charge is 2.28. The van der Waals surface area contributed by atoms with E-state index in [1.54, 1.807) is 66.4 Å². The first kappa shape index (κ1) is 25.8. The summed E-state index contributed by atoms with van der Waals surface area (Å²) in [5.41, 5.74) is 1.43. The molecule has 8 heteroatoms. The molecule has 0 aromatic heterocycles. The lowest BCUT2D eigenvalue weighted by Crippen LogP contribution is -2.34. The predicted octanol–water partition coefficient (Wildman–Crippen LogP) is 6.26. The Balaban J connectivity index is 1.57. The van der Waals surface area contributed by atoms with Crippen LogP contribution in [0, 0.1) is 0 Å². The number of halogens is 1. The van der Waals surface area contributed by atoms with Gasteiger partial charge in [0, 0.05) is 22.2 Å². The summed E-state index contributed by atoms with van der Waals surface area (Å²) in [6.07, 6.45) is 0. The zero-order valence-corrected chi connectivity index (χ0v) is 21.8. The Morgan fingerprint density at radius 2 is 1.42 bits per heavy atom. The highest BCUT2D eigenvalue weighted by Crippen LogP contribution is 2.29. The van der Waals surface area contributed by atoms with Gasteiger partial charge in [0.2, 0.25) is 0 Å². The summed E-state index contributed by atoms with van der Waals surface area (Å²) in [5, 5.41) is 3.60. The van der Waals surface area contributed by atoms with Crippen molar-refractivity contribution in [2.24, 2.45) is 0 Å². The molecular weight excluding hydrogens is 512 g/mol. The lowest BCUT2D eigenvalue weighted by atomic mass is 10.1. The first-order valence-corrected chi connectivity index (χ1v) is 14.1. The zero-order chi connectivity index (χ0) is 25.4. The average Bonchev–Trinajstić information content (AvgIpc) is 2.91. The predicted molar refractivity (Wildman–Crippen MR) is 147 cm³/mol. The van der Waals surface area contributed by atoms with Gasteiger partial charge in [-0.15, -0.1) is 11.8 Å². The van der Waals surface area contributed by atoms with E-state index in [4.69, 9.17) is 11.6 Å². The Bertz CT molecular complexity index is 1400. The van der Waals surface area contributed by atoms with Gasteiger partial charge in [0.05, 0.1) is 22.7 Å². The molecule has 0 radical (unpaired) electrons. The Hall–Kier alpha value is -3.26. The van der Waals surface area contributed by atoms with Crippen molar-refractivity contribution >= 4 is 45.0 Å². The molecule has 0 unspecified atom stereocenters. The van der Waals surface area contributed by atoms with E-state index in [1.165, 1.54) is 4.31 Å². The maximum Gasteiger partial charge on any atom is 0.264 e. The third-order valence-corrected chi connectivity index (χ3v) is 8.43. The third kappa shape index (κ3) is 6.49. The van der Waals surface area contributed by atoms with Crippen molar-refractivity contribution < 1.29 is 13.2 Å². The van der Waals surface area contributed by atoms with Gasteiger partial charge in [-0.05, 0) is 54.1 Å². The van der Waals surface area contributed by atoms with Crippen LogP contribution in [0.25, 0.3) is 0 Å². The minimum Gasteiger partial charge on any atom is -0.351 e. The van der Waals surface area contributed by atoms with Gasteiger partial charge < -0.3 is 5.32 Å². The van der Waals surface area contributed by atoms with Crippen LogP contribution in [0.4, 0.5) is 5.69 Å². The molecule has 184 valence electrons. The number of carbonyl (C=O) groups excluding carboxylic acids is 1. The van der Waals surface area contributed by atoms with Crippen LogP contribution in [0.5, 0.6) is 0 Å². The van der Waals surface area contributed by atoms with Crippen molar-refractivity contribution in [3.8, 4) is 0 Å². The molecule has 0 aliphatic heterocycles. The summed E-state index contributed by atoms with van der Waals surface area (Å²) in [4.78, 5) is 14.4. The number of anilines is 1. The topological polar surface area (TPSA) is 66.5 Å². The maximum atomic E-state index is 13.7. The summed E-state index contributed by atoms with van der Waals surface area (Å²) >= 11 is 7.53. The minimum absolute atomic E-state index is 0.0920. The largest absolute Gasteiger partial charge is 0.351 e. The van der Waals surface area contributed by atoms with Crippen molar-refractivity contribution in [3.05, 3.63) is 125 Å². The van der Waals surface area contributed by atoms with Crippen molar-refractivity contribution in [1.29, 1.82) is 0 Å². The Morgan fingerprint density at radius 1 is 0.806 bits per heavy atom. The first-order chi connectivity index (χ1) is 17.4. The number of hydrogen-bond acceptors (Lipinski definition) is 4. The molecule has 0 heterocycles. The second kappa shape index (κ2) is 12.1. The lowest BCUT2D eigenvalue weighted by molar-refractivity contribution is 0.0957. The van der Waals surface area contributed by atoms with Gasteiger partial charge in [-0.1, -0.05) is 72.3 Å². The van der Waals surface area contributed by atoms with E-state index < -0.39 is 10.0 Å². The Morgan fingerprint density at radius 3 is 2.11 bits per heavy atom. The zero-order valence-electron chi connectivity index (χ0n) is 19.4. The highest BCUT2D eigenvalue weighted by atomic mass is 35.5. The van der Waals surface area contributed by atoms with Crippen LogP contribution in [-0.4, -0.2) is 26.6 Å². The van der Waals surface area contributed by atoms with Crippen molar-refractivity contribution in [2.75, 3.05) is 16.6 Å². The minimum atomic E-state index is -3.93. The number of para-hydroxylation sites is 1. The molecule has 1 amide bonds. The van der Waals surface area contributed by atoms with Crippen molar-refractivity contribution in [1.82, 2.24) is 5.32 Å². The molecule has 4 aromatic rings. The molecule has 0 saturated carbocycles. The monoisotopic (exact) mass is 536 g/mol. The molecule has 0 atom stereocenters. The molecule has 0 aliphatic carbocycles. The maximum absolute atomic E-state index is 13.7. The van der Waals surface area contributed by atoms with Gasteiger partial charge in [0.25, 0.3) is 15.9 Å². The SMILES string of the molecule is O=C(NCCSc1ccc(Cl)cc1)c1ccccc1N(Cc1ccccc1)S(=O)(=O)c1ccccc1. The lowest BCUT2D eigenvalue weighted by Gasteiger charge is -2.26. The fraction of sp³-hybridized carbons (Fsp3) is 0.107. The third-order valence-electron chi connectivity index (χ3n) is 5.39. The average molecular weight is 537 g/mol. The smallest absolute Gasteiger partial charge is 0.264 e. The number of benzene rings is 4. The van der Waals surface area contributed by atoms with Crippen LogP contribution >= 0.6 is 23.4 Å². The molecule has 4 aromatic carbocycles. The number of rotatable bonds is 10. The van der Waals surface area contributed by atoms with Gasteiger partial charge >= 0.3 is 0 Å². The Kier molecular flexibility index (Phi) is 8.70. The number of thioether (sulfide) groups is 1. The standard InChI is InChI=1S/C28H25ClN2O3S2/c29-23-15-17-24(18-16-23)35-20-19-30-28(32)26-13-7-8-14-27(26)31(21-22-9-3-1-4-10-22)36(33,34)25-11-5-2-6-12-25/h1-18H,19-21H2,(H,30,32). The van der Waals surface area contributed by atoms with E-state index in [9.17, 15) is 13.2 Å². The molecule has 36 heavy (non-hydrogen) atoms. The molecule has 0 fully saturated rings. The molecule has 0 saturated heterocycles. The van der Waals surface area contributed by atoms with E-state index in [2.05, 4.69) is 5.32 Å². The van der Waals surface area contributed by atoms with E-state index in [1.807, 2.05) is 54.6 Å². The molecule has 1 N–H and O–H groups in total. The van der Waals surface area contributed by atoms with Gasteiger partial charge in [0.15, 0.2) is 0 Å². The van der Waals surface area contributed by atoms with Crippen molar-refractivity contribution in [2.45, 2.75) is 16.3 Å². The summed E-state index contributed by atoms with van der Waals surface area (Å²) in [6.45, 7) is 0.513. The van der Waals surface area contributed by atoms with Crippen LogP contribution < -0.4 is 9.62 Å². The highest BCUT2D eigenvalue weighted by molar-refractivity contribution is 7.99. The number of nitrogens with one attached hydrogen (secondary N) is 1. The van der Waals surface area contributed by atoms with Gasteiger partial charge in [-0.2, -0.15) is 0 Å². The normalized spacial score (nSPS) is 11.1. The van der Waals surface area contributed by atoms with Crippen LogP contribution in [0.2, 0.25) is 5.02 Å². The van der Waals surface area contributed by atoms with Crippen LogP contribution in [0.1, 0.15) is 15.9 Å². The second-order valence-corrected chi connectivity index (χ2v) is 11.4. The quantitative estimate of drug-likeness (QED) is 0.192. The van der Waals surface area contributed by atoms with E-state index >= 15 is 0 Å². The summed E-state index contributed by atoms with van der Waals surface area (Å²) in [6, 6.07) is 31.9. The van der Waals surface area contributed by atoms with Crippen LogP contribution in [-0.2, 0) is 16.6 Å². The molecule has 0 spiro atoms. The van der Waals surface area contributed by atoms with Crippen LogP contribution in [0.3, 0.4) is 0 Å². The summed E-state index contributed by atoms with van der Waals surface area (Å²) in [7, 11) is -3.93. The van der Waals surface area contributed by atoms with Crippen LogP contribution in [0.15, 0.2) is 119 Å². The first-order valence-electron chi connectivity index (χ1n) is 11.3. The number of hydrogen-bond donors (Lipinski definition) is 1. The number of amides is 1. The fourth-order valence-corrected chi connectivity index (χ4v) is 6.00. The van der Waals surface area contributed by atoms with Crippen molar-refractivity contribution in [3.63, 3.8) is 0 Å². The van der Waals surface area contributed by atoms with Gasteiger partial charge in [-0.25, -0.2) is 8.42 Å². The number of carbonyl (C=O) groups is 1.